The van der Waals surface area contributed by atoms with Crippen molar-refractivity contribution in [2.45, 2.75) is 45.6 Å². The van der Waals surface area contributed by atoms with Gasteiger partial charge in [0, 0.05) is 25.7 Å². The molecule has 4 nitrogen and oxygen atoms in total. The summed E-state index contributed by atoms with van der Waals surface area (Å²) in [5, 5.41) is 3.47. The summed E-state index contributed by atoms with van der Waals surface area (Å²) in [6.45, 7) is 5.54. The third kappa shape index (κ3) is 3.06. The molecule has 2 aliphatic rings. The zero-order valence-electron chi connectivity index (χ0n) is 11.6. The molecule has 2 aliphatic carbocycles. The van der Waals surface area contributed by atoms with E-state index in [4.69, 9.17) is 0 Å². The Kier molecular flexibility index (Phi) is 4.67. The van der Waals surface area contributed by atoms with Crippen LogP contribution in [0.15, 0.2) is 0 Å². The molecule has 0 aromatic rings. The molecule has 2 saturated carbocycles. The molecule has 0 aromatic heterocycles. The standard InChI is InChI=1S/C13H26N2O2S/c1-3-15(4-2)18(16,17)8-7-14-13-10-11-5-6-12(13)9-11/h11-14H,3-10H2,1-2H3. The van der Waals surface area contributed by atoms with Gasteiger partial charge in [0.15, 0.2) is 0 Å². The molecule has 2 bridgehead atoms. The van der Waals surface area contributed by atoms with Gasteiger partial charge in [-0.05, 0) is 31.1 Å². The van der Waals surface area contributed by atoms with E-state index >= 15 is 0 Å². The lowest BCUT2D eigenvalue weighted by Gasteiger charge is -2.24. The quantitative estimate of drug-likeness (QED) is 0.764. The van der Waals surface area contributed by atoms with Crippen LogP contribution in [0.3, 0.4) is 0 Å². The molecule has 5 heteroatoms. The van der Waals surface area contributed by atoms with Crippen molar-refractivity contribution in [1.82, 2.24) is 9.62 Å². The first-order valence-electron chi connectivity index (χ1n) is 7.28. The van der Waals surface area contributed by atoms with Crippen molar-refractivity contribution >= 4 is 10.0 Å². The molecule has 2 rings (SSSR count). The molecule has 0 aromatic carbocycles. The molecule has 2 fully saturated rings. The lowest BCUT2D eigenvalue weighted by atomic mass is 9.95. The third-order valence-electron chi connectivity index (χ3n) is 4.60. The van der Waals surface area contributed by atoms with Gasteiger partial charge in [-0.25, -0.2) is 12.7 Å². The second-order valence-electron chi connectivity index (χ2n) is 5.64. The van der Waals surface area contributed by atoms with Crippen molar-refractivity contribution in [2.75, 3.05) is 25.4 Å². The average molecular weight is 274 g/mol. The highest BCUT2D eigenvalue weighted by Crippen LogP contribution is 2.44. The van der Waals surface area contributed by atoms with E-state index in [-0.39, 0.29) is 5.75 Å². The highest BCUT2D eigenvalue weighted by Gasteiger charge is 2.39. The van der Waals surface area contributed by atoms with E-state index < -0.39 is 10.0 Å². The molecule has 3 atom stereocenters. The van der Waals surface area contributed by atoms with Crippen LogP contribution in [0.25, 0.3) is 0 Å². The first-order valence-corrected chi connectivity index (χ1v) is 8.89. The highest BCUT2D eigenvalue weighted by molar-refractivity contribution is 7.89. The second-order valence-corrected chi connectivity index (χ2v) is 7.72. The normalized spacial score (nSPS) is 31.4. The Labute approximate surface area is 111 Å². The number of hydrogen-bond acceptors (Lipinski definition) is 3. The maximum absolute atomic E-state index is 12.0. The van der Waals surface area contributed by atoms with Crippen LogP contribution in [-0.2, 0) is 10.0 Å². The number of fused-ring (bicyclic) bond motifs is 2. The number of nitrogens with zero attached hydrogens (tertiary/aromatic N) is 1. The summed E-state index contributed by atoms with van der Waals surface area (Å²) in [5.74, 6) is 1.96. The topological polar surface area (TPSA) is 49.4 Å². The van der Waals surface area contributed by atoms with E-state index in [1.54, 1.807) is 4.31 Å². The van der Waals surface area contributed by atoms with Crippen molar-refractivity contribution in [2.24, 2.45) is 11.8 Å². The Morgan fingerprint density at radius 1 is 1.17 bits per heavy atom. The van der Waals surface area contributed by atoms with Crippen molar-refractivity contribution in [1.29, 1.82) is 0 Å². The Bertz CT molecular complexity index is 365. The number of nitrogens with one attached hydrogen (secondary N) is 1. The van der Waals surface area contributed by atoms with Crippen LogP contribution < -0.4 is 5.32 Å². The smallest absolute Gasteiger partial charge is 0.215 e. The monoisotopic (exact) mass is 274 g/mol. The van der Waals surface area contributed by atoms with E-state index in [2.05, 4.69) is 5.32 Å². The fraction of sp³-hybridized carbons (Fsp3) is 1.00. The van der Waals surface area contributed by atoms with Gasteiger partial charge in [-0.3, -0.25) is 0 Å². The Hall–Kier alpha value is -0.130. The summed E-state index contributed by atoms with van der Waals surface area (Å²) in [6.07, 6.45) is 5.35. The van der Waals surface area contributed by atoms with Gasteiger partial charge in [0.25, 0.3) is 0 Å². The van der Waals surface area contributed by atoms with Crippen LogP contribution in [0.2, 0.25) is 0 Å². The molecule has 0 heterocycles. The van der Waals surface area contributed by atoms with Crippen molar-refractivity contribution in [3.8, 4) is 0 Å². The van der Waals surface area contributed by atoms with Crippen molar-refractivity contribution < 1.29 is 8.42 Å². The summed E-state index contributed by atoms with van der Waals surface area (Å²) in [6, 6.07) is 0.579. The molecule has 18 heavy (non-hydrogen) atoms. The molecule has 0 aliphatic heterocycles. The van der Waals surface area contributed by atoms with E-state index in [0.717, 1.165) is 11.8 Å². The van der Waals surface area contributed by atoms with Gasteiger partial charge in [-0.1, -0.05) is 20.3 Å². The van der Waals surface area contributed by atoms with E-state index in [1.165, 1.54) is 25.7 Å². The van der Waals surface area contributed by atoms with Crippen LogP contribution in [0.5, 0.6) is 0 Å². The van der Waals surface area contributed by atoms with Gasteiger partial charge < -0.3 is 5.32 Å². The van der Waals surface area contributed by atoms with Gasteiger partial charge in [0.05, 0.1) is 5.75 Å². The second kappa shape index (κ2) is 5.88. The zero-order chi connectivity index (χ0) is 13.2. The fourth-order valence-corrected chi connectivity index (χ4v) is 5.03. The molecule has 1 N–H and O–H groups in total. The zero-order valence-corrected chi connectivity index (χ0v) is 12.4. The van der Waals surface area contributed by atoms with Crippen molar-refractivity contribution in [3.63, 3.8) is 0 Å². The molecule has 106 valence electrons. The summed E-state index contributed by atoms with van der Waals surface area (Å²) in [7, 11) is -3.06. The Morgan fingerprint density at radius 2 is 1.89 bits per heavy atom. The SMILES string of the molecule is CCN(CC)S(=O)(=O)CCNC1CC2CCC1C2. The summed E-state index contributed by atoms with van der Waals surface area (Å²) in [5.41, 5.74) is 0. The minimum atomic E-state index is -3.06. The molecule has 0 amide bonds. The lowest BCUT2D eigenvalue weighted by molar-refractivity contribution is 0.357. The minimum Gasteiger partial charge on any atom is -0.313 e. The van der Waals surface area contributed by atoms with Gasteiger partial charge in [-0.2, -0.15) is 0 Å². The Morgan fingerprint density at radius 3 is 2.39 bits per heavy atom. The van der Waals surface area contributed by atoms with Crippen LogP contribution in [0.1, 0.15) is 39.5 Å². The number of sulfonamides is 1. The Balaban J connectivity index is 1.75. The van der Waals surface area contributed by atoms with Crippen LogP contribution in [-0.4, -0.2) is 44.2 Å². The average Bonchev–Trinajstić information content (AvgIpc) is 2.92. The van der Waals surface area contributed by atoms with Gasteiger partial charge >= 0.3 is 0 Å². The van der Waals surface area contributed by atoms with Crippen molar-refractivity contribution in [3.05, 3.63) is 0 Å². The first kappa shape index (κ1) is 14.3. The maximum Gasteiger partial charge on any atom is 0.215 e. The summed E-state index contributed by atoms with van der Waals surface area (Å²) in [4.78, 5) is 0. The first-order chi connectivity index (χ1) is 8.56. The number of rotatable bonds is 7. The van der Waals surface area contributed by atoms with Gasteiger partial charge in [-0.15, -0.1) is 0 Å². The molecular weight excluding hydrogens is 248 g/mol. The van der Waals surface area contributed by atoms with Crippen LogP contribution >= 0.6 is 0 Å². The molecule has 0 radical (unpaired) electrons. The van der Waals surface area contributed by atoms with Crippen LogP contribution in [0.4, 0.5) is 0 Å². The third-order valence-corrected chi connectivity index (χ3v) is 6.63. The lowest BCUT2D eigenvalue weighted by Crippen LogP contribution is -2.40. The summed E-state index contributed by atoms with van der Waals surface area (Å²) < 4.78 is 25.6. The van der Waals surface area contributed by atoms with E-state index in [1.807, 2.05) is 13.8 Å². The largest absolute Gasteiger partial charge is 0.313 e. The molecule has 0 saturated heterocycles. The highest BCUT2D eigenvalue weighted by atomic mass is 32.2. The predicted octanol–water partition coefficient (Wildman–Crippen LogP) is 1.44. The van der Waals surface area contributed by atoms with E-state index in [9.17, 15) is 8.42 Å². The summed E-state index contributed by atoms with van der Waals surface area (Å²) >= 11 is 0. The van der Waals surface area contributed by atoms with Crippen LogP contribution in [0, 0.1) is 11.8 Å². The van der Waals surface area contributed by atoms with Gasteiger partial charge in [0.1, 0.15) is 0 Å². The van der Waals surface area contributed by atoms with E-state index in [0.29, 0.717) is 25.7 Å². The minimum absolute atomic E-state index is 0.239. The molecular formula is C13H26N2O2S. The van der Waals surface area contributed by atoms with Gasteiger partial charge in [0.2, 0.25) is 10.0 Å². The maximum atomic E-state index is 12.0. The predicted molar refractivity (Wildman–Crippen MR) is 73.9 cm³/mol. The molecule has 3 unspecified atom stereocenters. The number of hydrogen-bond donors (Lipinski definition) is 1. The fourth-order valence-electron chi connectivity index (χ4n) is 3.61. The molecule has 0 spiro atoms.